The topological polar surface area (TPSA) is 90.7 Å². The number of hydrogen-bond acceptors (Lipinski definition) is 3. The molecule has 0 amide bonds. The molecule has 0 saturated heterocycles. The highest BCUT2D eigenvalue weighted by Crippen LogP contribution is 2.29. The summed E-state index contributed by atoms with van der Waals surface area (Å²) in [4.78, 5) is 27.7. The Balaban J connectivity index is 1.95. The summed E-state index contributed by atoms with van der Waals surface area (Å²) in [6.45, 7) is 2.08. The van der Waals surface area contributed by atoms with Gasteiger partial charge in [0.15, 0.2) is 0 Å². The lowest BCUT2D eigenvalue weighted by Crippen LogP contribution is -2.33. The number of carbonyl (C=O) groups excluding carboxylic acids is 1. The zero-order valence-electron chi connectivity index (χ0n) is 14.4. The van der Waals surface area contributed by atoms with Crippen LogP contribution in [-0.4, -0.2) is 27.8 Å². The second kappa shape index (κ2) is 6.55. The Hall–Kier alpha value is -3.28. The van der Waals surface area contributed by atoms with E-state index < -0.39 is 0 Å². The average molecular weight is 349 g/mol. The van der Waals surface area contributed by atoms with Gasteiger partial charge in [-0.1, -0.05) is 30.3 Å². The van der Waals surface area contributed by atoms with E-state index in [1.807, 2.05) is 30.3 Å². The fraction of sp³-hybridized carbons (Fsp3) is 0.200. The van der Waals surface area contributed by atoms with Crippen LogP contribution in [0.4, 0.5) is 0 Å². The summed E-state index contributed by atoms with van der Waals surface area (Å²) in [5.74, 6) is -0.387. The molecule has 0 radical (unpaired) electrons. The number of esters is 1. The number of ether oxygens (including phenoxy) is 1. The molecule has 0 atom stereocenters. The predicted octanol–water partition coefficient (Wildman–Crippen LogP) is 1.65. The van der Waals surface area contributed by atoms with E-state index in [-0.39, 0.29) is 11.5 Å². The van der Waals surface area contributed by atoms with Crippen molar-refractivity contribution in [2.75, 3.05) is 6.61 Å². The SMILES string of the molecule is CCOC(=O)c1c[nH]c(C=c2c(=O)[nH][nH]c2=C2CC2)c1-c1ccccc1. The van der Waals surface area contributed by atoms with Gasteiger partial charge in [0.05, 0.1) is 22.7 Å². The maximum absolute atomic E-state index is 12.4. The molecular weight excluding hydrogens is 330 g/mol. The minimum atomic E-state index is -0.387. The summed E-state index contributed by atoms with van der Waals surface area (Å²) in [5, 5.41) is 7.03. The Morgan fingerprint density at radius 3 is 2.65 bits per heavy atom. The van der Waals surface area contributed by atoms with Crippen LogP contribution in [0.2, 0.25) is 0 Å². The van der Waals surface area contributed by atoms with Crippen LogP contribution in [0.3, 0.4) is 0 Å². The Bertz CT molecular complexity index is 1130. The van der Waals surface area contributed by atoms with Crippen LogP contribution in [-0.2, 0) is 4.74 Å². The molecule has 1 saturated carbocycles. The quantitative estimate of drug-likeness (QED) is 0.626. The van der Waals surface area contributed by atoms with Gasteiger partial charge in [-0.05, 0) is 37.0 Å². The van der Waals surface area contributed by atoms with Crippen molar-refractivity contribution in [3.05, 3.63) is 68.7 Å². The van der Waals surface area contributed by atoms with E-state index >= 15 is 0 Å². The molecule has 6 heteroatoms. The van der Waals surface area contributed by atoms with Gasteiger partial charge in [-0.3, -0.25) is 15.0 Å². The molecular formula is C20H19N3O3. The van der Waals surface area contributed by atoms with E-state index in [0.717, 1.165) is 29.3 Å². The van der Waals surface area contributed by atoms with Gasteiger partial charge >= 0.3 is 5.97 Å². The third-order valence-corrected chi connectivity index (χ3v) is 4.43. The highest BCUT2D eigenvalue weighted by Gasteiger charge is 2.20. The van der Waals surface area contributed by atoms with Crippen molar-refractivity contribution in [3.8, 4) is 11.1 Å². The van der Waals surface area contributed by atoms with Crippen molar-refractivity contribution in [2.24, 2.45) is 0 Å². The van der Waals surface area contributed by atoms with Crippen LogP contribution in [0.15, 0.2) is 41.3 Å². The lowest BCUT2D eigenvalue weighted by atomic mass is 10.0. The van der Waals surface area contributed by atoms with Crippen LogP contribution in [0, 0.1) is 0 Å². The second-order valence-electron chi connectivity index (χ2n) is 6.19. The molecule has 0 unspecified atom stereocenters. The number of rotatable bonds is 4. The molecule has 0 spiro atoms. The molecule has 132 valence electrons. The Morgan fingerprint density at radius 2 is 1.96 bits per heavy atom. The molecule has 4 rings (SSSR count). The Morgan fingerprint density at radius 1 is 1.19 bits per heavy atom. The molecule has 26 heavy (non-hydrogen) atoms. The summed E-state index contributed by atoms with van der Waals surface area (Å²) in [6.07, 6.45) is 5.43. The molecule has 0 aliphatic heterocycles. The normalized spacial score (nSPS) is 13.9. The third kappa shape index (κ3) is 2.90. The summed E-state index contributed by atoms with van der Waals surface area (Å²) in [7, 11) is 0. The molecule has 1 aliphatic carbocycles. The standard InChI is InChI=1S/C20H19N3O3/c1-2-26-20(25)15-11-21-16(17(15)12-6-4-3-5-7-12)10-14-18(13-8-9-13)22-23-19(14)24/h3-7,10-11,21-22H,2,8-9H2,1H3,(H,23,24). The summed E-state index contributed by atoms with van der Waals surface area (Å²) < 4.78 is 5.18. The molecule has 2 aromatic heterocycles. The van der Waals surface area contributed by atoms with E-state index in [9.17, 15) is 9.59 Å². The van der Waals surface area contributed by atoms with Crippen LogP contribution in [0.1, 0.15) is 35.8 Å². The number of nitrogens with one attached hydrogen (secondary N) is 3. The monoisotopic (exact) mass is 349 g/mol. The molecule has 3 aromatic rings. The second-order valence-corrected chi connectivity index (χ2v) is 6.19. The van der Waals surface area contributed by atoms with Gasteiger partial charge in [0, 0.05) is 17.5 Å². The highest BCUT2D eigenvalue weighted by molar-refractivity contribution is 5.99. The summed E-state index contributed by atoms with van der Waals surface area (Å²) in [6, 6.07) is 9.61. The first-order valence-corrected chi connectivity index (χ1v) is 8.63. The third-order valence-electron chi connectivity index (χ3n) is 4.43. The molecule has 6 nitrogen and oxygen atoms in total. The number of benzene rings is 1. The van der Waals surface area contributed by atoms with Gasteiger partial charge in [0.25, 0.3) is 5.56 Å². The van der Waals surface area contributed by atoms with Crippen molar-refractivity contribution in [1.82, 2.24) is 15.2 Å². The molecule has 2 heterocycles. The number of aromatic amines is 3. The van der Waals surface area contributed by atoms with E-state index in [4.69, 9.17) is 4.74 Å². The fourth-order valence-corrected chi connectivity index (χ4v) is 3.08. The highest BCUT2D eigenvalue weighted by atomic mass is 16.5. The lowest BCUT2D eigenvalue weighted by molar-refractivity contribution is 0.0527. The fourth-order valence-electron chi connectivity index (χ4n) is 3.08. The Labute approximate surface area is 149 Å². The molecule has 1 aliphatic rings. The van der Waals surface area contributed by atoms with Gasteiger partial charge in [-0.25, -0.2) is 4.79 Å². The first-order chi connectivity index (χ1) is 12.7. The first-order valence-electron chi connectivity index (χ1n) is 8.63. The van der Waals surface area contributed by atoms with Gasteiger partial charge < -0.3 is 9.72 Å². The van der Waals surface area contributed by atoms with E-state index in [2.05, 4.69) is 15.2 Å². The van der Waals surface area contributed by atoms with Crippen molar-refractivity contribution < 1.29 is 9.53 Å². The predicted molar refractivity (Wildman–Crippen MR) is 99.1 cm³/mol. The van der Waals surface area contributed by atoms with E-state index in [1.165, 1.54) is 5.57 Å². The number of H-pyrrole nitrogens is 3. The van der Waals surface area contributed by atoms with Crippen LogP contribution in [0.5, 0.6) is 0 Å². The number of hydrogen-bond donors (Lipinski definition) is 3. The van der Waals surface area contributed by atoms with Crippen LogP contribution in [0.25, 0.3) is 22.8 Å². The molecule has 1 aromatic carbocycles. The van der Waals surface area contributed by atoms with Crippen molar-refractivity contribution in [1.29, 1.82) is 0 Å². The maximum Gasteiger partial charge on any atom is 0.340 e. The smallest absolute Gasteiger partial charge is 0.340 e. The zero-order chi connectivity index (χ0) is 18.1. The van der Waals surface area contributed by atoms with E-state index in [0.29, 0.717) is 23.1 Å². The van der Waals surface area contributed by atoms with Crippen LogP contribution >= 0.6 is 0 Å². The van der Waals surface area contributed by atoms with E-state index in [1.54, 1.807) is 19.2 Å². The summed E-state index contributed by atoms with van der Waals surface area (Å²) in [5.41, 5.74) is 3.83. The molecule has 3 N–H and O–H groups in total. The van der Waals surface area contributed by atoms with Gasteiger partial charge in [-0.2, -0.15) is 0 Å². The van der Waals surface area contributed by atoms with Gasteiger partial charge in [0.2, 0.25) is 0 Å². The Kier molecular flexibility index (Phi) is 4.08. The van der Waals surface area contributed by atoms with Gasteiger partial charge in [0.1, 0.15) is 0 Å². The maximum atomic E-state index is 12.4. The molecule has 1 fully saturated rings. The minimum Gasteiger partial charge on any atom is -0.462 e. The lowest BCUT2D eigenvalue weighted by Gasteiger charge is -2.05. The number of aromatic nitrogens is 3. The average Bonchev–Trinajstić information content (AvgIpc) is 3.31. The number of carbonyl (C=O) groups is 1. The van der Waals surface area contributed by atoms with Crippen molar-refractivity contribution in [3.63, 3.8) is 0 Å². The first kappa shape index (κ1) is 16.2. The minimum absolute atomic E-state index is 0.175. The van der Waals surface area contributed by atoms with Crippen molar-refractivity contribution in [2.45, 2.75) is 19.8 Å². The van der Waals surface area contributed by atoms with Crippen molar-refractivity contribution >= 4 is 17.6 Å². The van der Waals surface area contributed by atoms with Crippen LogP contribution < -0.4 is 16.1 Å². The molecule has 0 bridgehead atoms. The zero-order valence-corrected chi connectivity index (χ0v) is 14.4. The summed E-state index contributed by atoms with van der Waals surface area (Å²) >= 11 is 0. The van der Waals surface area contributed by atoms with Gasteiger partial charge in [-0.15, -0.1) is 0 Å². The largest absolute Gasteiger partial charge is 0.462 e.